The predicted octanol–water partition coefficient (Wildman–Crippen LogP) is 2.83. The van der Waals surface area contributed by atoms with Crippen molar-refractivity contribution in [2.75, 3.05) is 0 Å². The average molecular weight is 216 g/mol. The molecule has 0 aliphatic carbocycles. The molecule has 1 aromatic heterocycles. The highest BCUT2D eigenvalue weighted by molar-refractivity contribution is 5.24. The Morgan fingerprint density at radius 3 is 3.00 bits per heavy atom. The van der Waals surface area contributed by atoms with Gasteiger partial charge in [0.25, 0.3) is 0 Å². The maximum atomic E-state index is 5.17. The topological polar surface area (TPSA) is 38.1 Å². The lowest BCUT2D eigenvalue weighted by molar-refractivity contribution is 0.458. The van der Waals surface area contributed by atoms with Crippen LogP contribution in [-0.2, 0) is 6.54 Å². The lowest BCUT2D eigenvalue weighted by Crippen LogP contribution is -2.17. The summed E-state index contributed by atoms with van der Waals surface area (Å²) in [4.78, 5) is 3.88. The second-order valence-electron chi connectivity index (χ2n) is 3.98. The van der Waals surface area contributed by atoms with Crippen LogP contribution in [0.25, 0.3) is 0 Å². The van der Waals surface area contributed by atoms with E-state index in [2.05, 4.69) is 48.4 Å². The first-order valence-corrected chi connectivity index (χ1v) is 5.43. The minimum absolute atomic E-state index is 0.310. The SMILES string of the molecule is Cc1cccc([C@@H](C)NCc2cnco2)c1. The van der Waals surface area contributed by atoms with Crippen molar-refractivity contribution in [1.82, 2.24) is 10.3 Å². The number of nitrogens with one attached hydrogen (secondary N) is 1. The third-order valence-electron chi connectivity index (χ3n) is 2.61. The molecule has 1 atom stereocenters. The van der Waals surface area contributed by atoms with Crippen LogP contribution in [0.2, 0.25) is 0 Å². The Bertz CT molecular complexity index is 437. The Morgan fingerprint density at radius 1 is 1.44 bits per heavy atom. The molecular weight excluding hydrogens is 200 g/mol. The summed E-state index contributed by atoms with van der Waals surface area (Å²) in [7, 11) is 0. The van der Waals surface area contributed by atoms with E-state index in [1.54, 1.807) is 6.20 Å². The zero-order valence-electron chi connectivity index (χ0n) is 9.60. The molecule has 16 heavy (non-hydrogen) atoms. The molecule has 3 heteroatoms. The standard InChI is InChI=1S/C13H16N2O/c1-10-4-3-5-12(6-10)11(2)15-8-13-7-14-9-16-13/h3-7,9,11,15H,8H2,1-2H3/t11-/m1/s1. The molecule has 0 fully saturated rings. The zero-order chi connectivity index (χ0) is 11.4. The van der Waals surface area contributed by atoms with Gasteiger partial charge < -0.3 is 9.73 Å². The van der Waals surface area contributed by atoms with Gasteiger partial charge in [-0.3, -0.25) is 0 Å². The molecule has 2 aromatic rings. The molecular formula is C13H16N2O. The molecule has 3 nitrogen and oxygen atoms in total. The molecule has 1 aromatic carbocycles. The molecule has 0 amide bonds. The van der Waals surface area contributed by atoms with Crippen LogP contribution in [0.5, 0.6) is 0 Å². The summed E-state index contributed by atoms with van der Waals surface area (Å²) in [6, 6.07) is 8.82. The highest BCUT2D eigenvalue weighted by atomic mass is 16.3. The van der Waals surface area contributed by atoms with Gasteiger partial charge in [0, 0.05) is 6.04 Å². The van der Waals surface area contributed by atoms with Crippen LogP contribution in [0.4, 0.5) is 0 Å². The maximum Gasteiger partial charge on any atom is 0.180 e. The Labute approximate surface area is 95.5 Å². The molecule has 0 aliphatic rings. The molecule has 0 spiro atoms. The number of hydrogen-bond acceptors (Lipinski definition) is 3. The minimum atomic E-state index is 0.310. The second kappa shape index (κ2) is 4.94. The monoisotopic (exact) mass is 216 g/mol. The van der Waals surface area contributed by atoms with Gasteiger partial charge in [-0.2, -0.15) is 0 Å². The summed E-state index contributed by atoms with van der Waals surface area (Å²) in [5, 5.41) is 3.39. The number of oxazole rings is 1. The van der Waals surface area contributed by atoms with Gasteiger partial charge in [0.2, 0.25) is 0 Å². The number of nitrogens with zero attached hydrogens (tertiary/aromatic N) is 1. The van der Waals surface area contributed by atoms with Crippen molar-refractivity contribution < 1.29 is 4.42 Å². The first-order valence-electron chi connectivity index (χ1n) is 5.43. The molecule has 0 saturated heterocycles. The van der Waals surface area contributed by atoms with E-state index in [9.17, 15) is 0 Å². The highest BCUT2D eigenvalue weighted by Gasteiger charge is 2.05. The average Bonchev–Trinajstić information content (AvgIpc) is 2.78. The number of rotatable bonds is 4. The second-order valence-corrected chi connectivity index (χ2v) is 3.98. The van der Waals surface area contributed by atoms with Gasteiger partial charge in [-0.15, -0.1) is 0 Å². The number of benzene rings is 1. The van der Waals surface area contributed by atoms with E-state index in [0.29, 0.717) is 12.6 Å². The molecule has 84 valence electrons. The van der Waals surface area contributed by atoms with E-state index in [4.69, 9.17) is 4.42 Å². The summed E-state index contributed by atoms with van der Waals surface area (Å²) in [6.07, 6.45) is 3.18. The largest absolute Gasteiger partial charge is 0.447 e. The third-order valence-corrected chi connectivity index (χ3v) is 2.61. The smallest absolute Gasteiger partial charge is 0.180 e. The number of hydrogen-bond donors (Lipinski definition) is 1. The van der Waals surface area contributed by atoms with E-state index >= 15 is 0 Å². The van der Waals surface area contributed by atoms with Gasteiger partial charge in [-0.25, -0.2) is 4.98 Å². The molecule has 2 rings (SSSR count). The fraction of sp³-hybridized carbons (Fsp3) is 0.308. The first kappa shape index (κ1) is 10.9. The lowest BCUT2D eigenvalue weighted by atomic mass is 10.1. The lowest BCUT2D eigenvalue weighted by Gasteiger charge is -2.13. The Balaban J connectivity index is 1.95. The van der Waals surface area contributed by atoms with Crippen LogP contribution in [-0.4, -0.2) is 4.98 Å². The predicted molar refractivity (Wildman–Crippen MR) is 62.9 cm³/mol. The van der Waals surface area contributed by atoms with Crippen molar-refractivity contribution in [1.29, 1.82) is 0 Å². The minimum Gasteiger partial charge on any atom is -0.447 e. The highest BCUT2D eigenvalue weighted by Crippen LogP contribution is 2.14. The molecule has 1 heterocycles. The van der Waals surface area contributed by atoms with Crippen LogP contribution >= 0.6 is 0 Å². The summed E-state index contributed by atoms with van der Waals surface area (Å²) in [6.45, 7) is 4.95. The van der Waals surface area contributed by atoms with Gasteiger partial charge >= 0.3 is 0 Å². The van der Waals surface area contributed by atoms with Crippen LogP contribution in [0.3, 0.4) is 0 Å². The van der Waals surface area contributed by atoms with Gasteiger partial charge in [0.05, 0.1) is 12.7 Å². The maximum absolute atomic E-state index is 5.17. The van der Waals surface area contributed by atoms with Crippen LogP contribution in [0.15, 0.2) is 41.3 Å². The summed E-state index contributed by atoms with van der Waals surface area (Å²) in [5.74, 6) is 0.861. The zero-order valence-corrected chi connectivity index (χ0v) is 9.60. The van der Waals surface area contributed by atoms with E-state index in [0.717, 1.165) is 5.76 Å². The normalized spacial score (nSPS) is 12.6. The van der Waals surface area contributed by atoms with E-state index < -0.39 is 0 Å². The van der Waals surface area contributed by atoms with E-state index in [1.165, 1.54) is 17.5 Å². The van der Waals surface area contributed by atoms with Crippen molar-refractivity contribution in [2.24, 2.45) is 0 Å². The number of aryl methyl sites for hydroxylation is 1. The van der Waals surface area contributed by atoms with Gasteiger partial charge in [-0.05, 0) is 19.4 Å². The van der Waals surface area contributed by atoms with Gasteiger partial charge in [0.15, 0.2) is 6.39 Å². The molecule has 0 aliphatic heterocycles. The Hall–Kier alpha value is -1.61. The van der Waals surface area contributed by atoms with Crippen LogP contribution < -0.4 is 5.32 Å². The van der Waals surface area contributed by atoms with Crippen molar-refractivity contribution in [3.8, 4) is 0 Å². The summed E-state index contributed by atoms with van der Waals surface area (Å²) in [5.41, 5.74) is 2.57. The van der Waals surface area contributed by atoms with Crippen molar-refractivity contribution >= 4 is 0 Å². The Morgan fingerprint density at radius 2 is 2.31 bits per heavy atom. The van der Waals surface area contributed by atoms with Crippen molar-refractivity contribution in [2.45, 2.75) is 26.4 Å². The molecule has 1 N–H and O–H groups in total. The molecule has 0 radical (unpaired) electrons. The quantitative estimate of drug-likeness (QED) is 0.854. The van der Waals surface area contributed by atoms with E-state index in [-0.39, 0.29) is 0 Å². The summed E-state index contributed by atoms with van der Waals surface area (Å²) >= 11 is 0. The third kappa shape index (κ3) is 2.70. The van der Waals surface area contributed by atoms with Gasteiger partial charge in [0.1, 0.15) is 5.76 Å². The van der Waals surface area contributed by atoms with Crippen molar-refractivity contribution in [3.05, 3.63) is 53.7 Å². The fourth-order valence-corrected chi connectivity index (χ4v) is 1.64. The molecule has 0 bridgehead atoms. The molecule has 0 unspecified atom stereocenters. The summed E-state index contributed by atoms with van der Waals surface area (Å²) < 4.78 is 5.17. The van der Waals surface area contributed by atoms with Crippen LogP contribution in [0, 0.1) is 6.92 Å². The Kier molecular flexibility index (Phi) is 3.37. The van der Waals surface area contributed by atoms with Gasteiger partial charge in [-0.1, -0.05) is 29.8 Å². The van der Waals surface area contributed by atoms with Crippen LogP contribution in [0.1, 0.15) is 29.9 Å². The molecule has 0 saturated carbocycles. The van der Waals surface area contributed by atoms with Crippen molar-refractivity contribution in [3.63, 3.8) is 0 Å². The fourth-order valence-electron chi connectivity index (χ4n) is 1.64. The first-order chi connectivity index (χ1) is 7.75. The van der Waals surface area contributed by atoms with E-state index in [1.807, 2.05) is 0 Å². The number of aromatic nitrogens is 1.